The molecule has 0 N–H and O–H groups in total. The first-order valence-electron chi connectivity index (χ1n) is 16.3. The SMILES string of the molecule is c1ccc(-c2cccc(-c3cc(-c4ccc5c6ccccc6c6ccccc6c5c4)nc(-c4cccc(-c5ccccc5)c4)n3)c2)cc1. The Bertz CT molecular complexity index is 2470. The van der Waals surface area contributed by atoms with E-state index >= 15 is 0 Å². The predicted molar refractivity (Wildman–Crippen MR) is 202 cm³/mol. The third-order valence-corrected chi connectivity index (χ3v) is 9.26. The molecule has 48 heavy (non-hydrogen) atoms. The van der Waals surface area contributed by atoms with Crippen molar-refractivity contribution in [3.63, 3.8) is 0 Å². The van der Waals surface area contributed by atoms with Crippen LogP contribution in [0.5, 0.6) is 0 Å². The molecular weight excluding hydrogens is 581 g/mol. The number of fused-ring (bicyclic) bond motifs is 6. The Morgan fingerprint density at radius 1 is 0.229 bits per heavy atom. The summed E-state index contributed by atoms with van der Waals surface area (Å²) in [6, 6.07) is 64.5. The molecule has 1 aromatic heterocycles. The van der Waals surface area contributed by atoms with E-state index in [4.69, 9.17) is 9.97 Å². The second-order valence-electron chi connectivity index (χ2n) is 12.2. The zero-order chi connectivity index (χ0) is 31.9. The first kappa shape index (κ1) is 27.9. The van der Waals surface area contributed by atoms with Crippen molar-refractivity contribution in [3.8, 4) is 56.2 Å². The summed E-state index contributed by atoms with van der Waals surface area (Å²) in [6.45, 7) is 0. The van der Waals surface area contributed by atoms with Crippen molar-refractivity contribution >= 4 is 32.3 Å². The van der Waals surface area contributed by atoms with Crippen molar-refractivity contribution in [2.24, 2.45) is 0 Å². The molecule has 2 heteroatoms. The molecule has 8 aromatic carbocycles. The molecule has 0 unspecified atom stereocenters. The molecule has 0 aliphatic rings. The van der Waals surface area contributed by atoms with Crippen LogP contribution in [0.2, 0.25) is 0 Å². The van der Waals surface area contributed by atoms with Crippen molar-refractivity contribution in [1.29, 1.82) is 0 Å². The Hall–Kier alpha value is -6.38. The van der Waals surface area contributed by atoms with Gasteiger partial charge in [0, 0.05) is 16.7 Å². The summed E-state index contributed by atoms with van der Waals surface area (Å²) in [6.07, 6.45) is 0. The average molecular weight is 611 g/mol. The number of hydrogen-bond donors (Lipinski definition) is 0. The van der Waals surface area contributed by atoms with Gasteiger partial charge in [0.05, 0.1) is 11.4 Å². The highest BCUT2D eigenvalue weighted by Gasteiger charge is 2.15. The van der Waals surface area contributed by atoms with Gasteiger partial charge in [-0.15, -0.1) is 0 Å². The number of aromatic nitrogens is 2. The van der Waals surface area contributed by atoms with Crippen LogP contribution in [-0.2, 0) is 0 Å². The minimum atomic E-state index is 0.703. The van der Waals surface area contributed by atoms with Gasteiger partial charge in [0.15, 0.2) is 5.82 Å². The summed E-state index contributed by atoms with van der Waals surface area (Å²) in [5.74, 6) is 0.703. The van der Waals surface area contributed by atoms with Crippen LogP contribution in [-0.4, -0.2) is 9.97 Å². The van der Waals surface area contributed by atoms with Crippen molar-refractivity contribution in [1.82, 2.24) is 9.97 Å². The van der Waals surface area contributed by atoms with Gasteiger partial charge in [-0.25, -0.2) is 9.97 Å². The third kappa shape index (κ3) is 5.01. The summed E-state index contributed by atoms with van der Waals surface area (Å²) < 4.78 is 0. The summed E-state index contributed by atoms with van der Waals surface area (Å²) >= 11 is 0. The second-order valence-corrected chi connectivity index (χ2v) is 12.2. The highest BCUT2D eigenvalue weighted by Crippen LogP contribution is 2.38. The molecule has 0 aliphatic carbocycles. The van der Waals surface area contributed by atoms with Gasteiger partial charge < -0.3 is 0 Å². The van der Waals surface area contributed by atoms with Crippen LogP contribution < -0.4 is 0 Å². The summed E-state index contributed by atoms with van der Waals surface area (Å²) in [5.41, 5.74) is 9.52. The van der Waals surface area contributed by atoms with Gasteiger partial charge in [-0.1, -0.05) is 158 Å². The number of benzene rings is 8. The fourth-order valence-corrected chi connectivity index (χ4v) is 6.90. The topological polar surface area (TPSA) is 25.8 Å². The second kappa shape index (κ2) is 11.8. The molecule has 9 aromatic rings. The van der Waals surface area contributed by atoms with Gasteiger partial charge in [-0.05, 0) is 78.8 Å². The average Bonchev–Trinajstić information content (AvgIpc) is 3.18. The number of nitrogens with zero attached hydrogens (tertiary/aromatic N) is 2. The lowest BCUT2D eigenvalue weighted by Crippen LogP contribution is -1.96. The van der Waals surface area contributed by atoms with E-state index in [0.29, 0.717) is 5.82 Å². The van der Waals surface area contributed by atoms with Gasteiger partial charge in [0.1, 0.15) is 0 Å². The van der Waals surface area contributed by atoms with E-state index in [1.807, 2.05) is 6.07 Å². The highest BCUT2D eigenvalue weighted by molar-refractivity contribution is 6.25. The van der Waals surface area contributed by atoms with E-state index in [-0.39, 0.29) is 0 Å². The molecule has 0 aliphatic heterocycles. The molecule has 9 rings (SSSR count). The molecule has 0 saturated heterocycles. The molecule has 2 nitrogen and oxygen atoms in total. The fourth-order valence-electron chi connectivity index (χ4n) is 6.90. The van der Waals surface area contributed by atoms with Crippen LogP contribution >= 0.6 is 0 Å². The van der Waals surface area contributed by atoms with E-state index < -0.39 is 0 Å². The van der Waals surface area contributed by atoms with Crippen LogP contribution in [0.1, 0.15) is 0 Å². The van der Waals surface area contributed by atoms with Gasteiger partial charge in [0.2, 0.25) is 0 Å². The predicted octanol–water partition coefficient (Wildman–Crippen LogP) is 12.3. The molecular formula is C46H30N2. The van der Waals surface area contributed by atoms with E-state index in [1.165, 1.54) is 43.4 Å². The van der Waals surface area contributed by atoms with Crippen molar-refractivity contribution < 1.29 is 0 Å². The van der Waals surface area contributed by atoms with Gasteiger partial charge >= 0.3 is 0 Å². The van der Waals surface area contributed by atoms with E-state index in [1.54, 1.807) is 0 Å². The first-order chi connectivity index (χ1) is 23.8. The molecule has 0 spiro atoms. The standard InChI is InChI=1S/C46H30N2/c1-3-13-31(14-4-1)33-17-11-19-35(27-33)44-30-45(48-46(47-44)37-20-12-18-34(28-37)32-15-5-2-6-16-32)36-25-26-42-40-23-8-7-21-38(40)39-22-9-10-24-41(39)43(42)29-36/h1-30H. The lowest BCUT2D eigenvalue weighted by molar-refractivity contribution is 1.18. The molecule has 0 saturated carbocycles. The van der Waals surface area contributed by atoms with Gasteiger partial charge in [0.25, 0.3) is 0 Å². The molecule has 1 heterocycles. The summed E-state index contributed by atoms with van der Waals surface area (Å²) in [7, 11) is 0. The maximum atomic E-state index is 5.25. The smallest absolute Gasteiger partial charge is 0.160 e. The lowest BCUT2D eigenvalue weighted by Gasteiger charge is -2.14. The fraction of sp³-hybridized carbons (Fsp3) is 0. The van der Waals surface area contributed by atoms with Crippen LogP contribution in [0.15, 0.2) is 182 Å². The molecule has 0 amide bonds. The Kier molecular flexibility index (Phi) is 6.84. The molecule has 224 valence electrons. The monoisotopic (exact) mass is 610 g/mol. The molecule has 0 bridgehead atoms. The van der Waals surface area contributed by atoms with Crippen LogP contribution in [0.3, 0.4) is 0 Å². The zero-order valence-electron chi connectivity index (χ0n) is 26.2. The van der Waals surface area contributed by atoms with Gasteiger partial charge in [-0.2, -0.15) is 0 Å². The highest BCUT2D eigenvalue weighted by atomic mass is 14.9. The Labute approximate surface area is 279 Å². The van der Waals surface area contributed by atoms with Crippen LogP contribution in [0, 0.1) is 0 Å². The van der Waals surface area contributed by atoms with E-state index in [0.717, 1.165) is 39.2 Å². The van der Waals surface area contributed by atoms with Crippen molar-refractivity contribution in [2.45, 2.75) is 0 Å². The number of rotatable bonds is 5. The Balaban J connectivity index is 1.26. The molecule has 0 fully saturated rings. The zero-order valence-corrected chi connectivity index (χ0v) is 26.2. The lowest BCUT2D eigenvalue weighted by atomic mass is 9.92. The minimum absolute atomic E-state index is 0.703. The number of hydrogen-bond acceptors (Lipinski definition) is 2. The largest absolute Gasteiger partial charge is 0.228 e. The third-order valence-electron chi connectivity index (χ3n) is 9.26. The summed E-state index contributed by atoms with van der Waals surface area (Å²) in [5, 5.41) is 7.51. The van der Waals surface area contributed by atoms with Crippen molar-refractivity contribution in [3.05, 3.63) is 182 Å². The Morgan fingerprint density at radius 2 is 0.625 bits per heavy atom. The van der Waals surface area contributed by atoms with Crippen LogP contribution in [0.25, 0.3) is 88.5 Å². The maximum Gasteiger partial charge on any atom is 0.160 e. The van der Waals surface area contributed by atoms with E-state index in [2.05, 4.69) is 176 Å². The van der Waals surface area contributed by atoms with E-state index in [9.17, 15) is 0 Å². The molecule has 0 radical (unpaired) electrons. The van der Waals surface area contributed by atoms with Crippen LogP contribution in [0.4, 0.5) is 0 Å². The molecule has 0 atom stereocenters. The van der Waals surface area contributed by atoms with Gasteiger partial charge in [-0.3, -0.25) is 0 Å². The quantitative estimate of drug-likeness (QED) is 0.181. The first-order valence-corrected chi connectivity index (χ1v) is 16.3. The Morgan fingerprint density at radius 3 is 1.19 bits per heavy atom. The minimum Gasteiger partial charge on any atom is -0.228 e. The maximum absolute atomic E-state index is 5.25. The van der Waals surface area contributed by atoms with Crippen molar-refractivity contribution in [2.75, 3.05) is 0 Å². The normalized spacial score (nSPS) is 11.3. The summed E-state index contributed by atoms with van der Waals surface area (Å²) in [4.78, 5) is 10.5.